The highest BCUT2D eigenvalue weighted by Gasteiger charge is 2.30. The van der Waals surface area contributed by atoms with Crippen molar-refractivity contribution >= 4 is 0 Å². The van der Waals surface area contributed by atoms with Gasteiger partial charge in [0.2, 0.25) is 0 Å². The molecule has 0 amide bonds. The molecule has 2 heterocycles. The Hall–Kier alpha value is -2.90. The fourth-order valence-corrected chi connectivity index (χ4v) is 4.88. The molecule has 2 aromatic carbocycles. The Labute approximate surface area is 211 Å². The molecule has 1 atom stereocenters. The van der Waals surface area contributed by atoms with E-state index in [2.05, 4.69) is 59.1 Å². The van der Waals surface area contributed by atoms with E-state index in [1.165, 1.54) is 23.3 Å². The van der Waals surface area contributed by atoms with Crippen LogP contribution in [0.25, 0.3) is 0 Å². The molecule has 0 spiro atoms. The summed E-state index contributed by atoms with van der Waals surface area (Å²) in [5.74, 6) is 1.06. The lowest BCUT2D eigenvalue weighted by Crippen LogP contribution is -2.40. The first kappa shape index (κ1) is 26.2. The smallest absolute Gasteiger partial charge is 0.416 e. The van der Waals surface area contributed by atoms with E-state index in [4.69, 9.17) is 4.74 Å². The summed E-state index contributed by atoms with van der Waals surface area (Å²) >= 11 is 0. The summed E-state index contributed by atoms with van der Waals surface area (Å²) in [6.45, 7) is 6.31. The van der Waals surface area contributed by atoms with Crippen molar-refractivity contribution in [1.29, 1.82) is 0 Å². The standard InChI is InChI=1S/C29H34F3N3O/c1-22-6-8-24(9-7-22)28(27-5-3-4-16-33-27)34(2)21-23-14-17-35(18-15-23)19-20-36-26-12-10-25(11-13-26)29(30,31)32/h3-13,16,23,28H,14-15,17-21H2,1-2H3/t28-/m0/s1. The van der Waals surface area contributed by atoms with Crippen LogP contribution in [-0.2, 0) is 6.18 Å². The zero-order valence-corrected chi connectivity index (χ0v) is 20.9. The Morgan fingerprint density at radius 3 is 2.31 bits per heavy atom. The number of aryl methyl sites for hydroxylation is 1. The molecule has 192 valence electrons. The van der Waals surface area contributed by atoms with E-state index in [1.807, 2.05) is 18.3 Å². The monoisotopic (exact) mass is 497 g/mol. The Kier molecular flexibility index (Phi) is 8.64. The van der Waals surface area contributed by atoms with Gasteiger partial charge in [-0.15, -0.1) is 0 Å². The summed E-state index contributed by atoms with van der Waals surface area (Å²) in [4.78, 5) is 9.45. The van der Waals surface area contributed by atoms with Crippen LogP contribution in [0, 0.1) is 12.8 Å². The number of benzene rings is 2. The second-order valence-corrected chi connectivity index (χ2v) is 9.66. The van der Waals surface area contributed by atoms with Gasteiger partial charge >= 0.3 is 6.18 Å². The first-order valence-electron chi connectivity index (χ1n) is 12.5. The minimum atomic E-state index is -4.32. The molecule has 0 N–H and O–H groups in total. The number of halogens is 3. The molecule has 1 aliphatic heterocycles. The van der Waals surface area contributed by atoms with Gasteiger partial charge in [-0.1, -0.05) is 35.9 Å². The second kappa shape index (κ2) is 11.9. The Bertz CT molecular complexity index is 1060. The van der Waals surface area contributed by atoms with Crippen LogP contribution >= 0.6 is 0 Å². The van der Waals surface area contributed by atoms with E-state index in [0.29, 0.717) is 18.3 Å². The Morgan fingerprint density at radius 1 is 1.00 bits per heavy atom. The lowest BCUT2D eigenvalue weighted by atomic mass is 9.94. The first-order chi connectivity index (χ1) is 17.3. The predicted octanol–water partition coefficient (Wildman–Crippen LogP) is 6.22. The summed E-state index contributed by atoms with van der Waals surface area (Å²) < 4.78 is 43.8. The summed E-state index contributed by atoms with van der Waals surface area (Å²) in [7, 11) is 2.18. The van der Waals surface area contributed by atoms with Gasteiger partial charge in [0, 0.05) is 19.3 Å². The summed E-state index contributed by atoms with van der Waals surface area (Å²) in [5.41, 5.74) is 2.90. The van der Waals surface area contributed by atoms with E-state index in [9.17, 15) is 13.2 Å². The SMILES string of the molecule is Cc1ccc([C@@H](c2ccccn2)N(C)CC2CCN(CCOc3ccc(C(F)(F)F)cc3)CC2)cc1. The molecule has 0 bridgehead atoms. The fourth-order valence-electron chi connectivity index (χ4n) is 4.88. The topological polar surface area (TPSA) is 28.6 Å². The van der Waals surface area contributed by atoms with Crippen molar-refractivity contribution in [1.82, 2.24) is 14.8 Å². The molecule has 1 aliphatic rings. The molecule has 3 aromatic rings. The van der Waals surface area contributed by atoms with E-state index < -0.39 is 11.7 Å². The van der Waals surface area contributed by atoms with Gasteiger partial charge in [-0.3, -0.25) is 14.8 Å². The maximum absolute atomic E-state index is 12.7. The minimum absolute atomic E-state index is 0.113. The molecule has 7 heteroatoms. The van der Waals surface area contributed by atoms with Crippen LogP contribution < -0.4 is 4.74 Å². The molecule has 0 saturated carbocycles. The van der Waals surface area contributed by atoms with Crippen molar-refractivity contribution in [3.05, 3.63) is 95.3 Å². The number of hydrogen-bond acceptors (Lipinski definition) is 4. The van der Waals surface area contributed by atoms with Crippen molar-refractivity contribution in [2.75, 3.05) is 39.8 Å². The number of rotatable bonds is 9. The van der Waals surface area contributed by atoms with Crippen molar-refractivity contribution in [2.45, 2.75) is 32.0 Å². The molecule has 1 fully saturated rings. The number of hydrogen-bond donors (Lipinski definition) is 0. The zero-order valence-electron chi connectivity index (χ0n) is 20.9. The third kappa shape index (κ3) is 7.08. The van der Waals surface area contributed by atoms with Crippen molar-refractivity contribution in [3.63, 3.8) is 0 Å². The third-order valence-corrected chi connectivity index (χ3v) is 6.91. The van der Waals surface area contributed by atoms with Gasteiger partial charge in [0.1, 0.15) is 12.4 Å². The van der Waals surface area contributed by atoms with Gasteiger partial charge in [-0.2, -0.15) is 13.2 Å². The number of ether oxygens (including phenoxy) is 1. The van der Waals surface area contributed by atoms with Crippen LogP contribution in [0.3, 0.4) is 0 Å². The number of pyridine rings is 1. The molecule has 1 aromatic heterocycles. The van der Waals surface area contributed by atoms with Gasteiger partial charge in [0.25, 0.3) is 0 Å². The zero-order chi connectivity index (χ0) is 25.5. The molecule has 1 saturated heterocycles. The van der Waals surface area contributed by atoms with E-state index >= 15 is 0 Å². The Balaban J connectivity index is 1.26. The van der Waals surface area contributed by atoms with E-state index in [-0.39, 0.29) is 6.04 Å². The van der Waals surface area contributed by atoms with Gasteiger partial charge < -0.3 is 4.74 Å². The highest BCUT2D eigenvalue weighted by atomic mass is 19.4. The number of likely N-dealkylation sites (tertiary alicyclic amines) is 1. The van der Waals surface area contributed by atoms with E-state index in [0.717, 1.165) is 56.8 Å². The summed E-state index contributed by atoms with van der Waals surface area (Å²) in [6, 6.07) is 19.8. The molecule has 36 heavy (non-hydrogen) atoms. The lowest BCUT2D eigenvalue weighted by molar-refractivity contribution is -0.137. The van der Waals surface area contributed by atoms with E-state index in [1.54, 1.807) is 0 Å². The van der Waals surface area contributed by atoms with Crippen molar-refractivity contribution < 1.29 is 17.9 Å². The molecule has 0 radical (unpaired) electrons. The van der Waals surface area contributed by atoms with Gasteiger partial charge in [0.05, 0.1) is 17.3 Å². The molecule has 4 nitrogen and oxygen atoms in total. The van der Waals surface area contributed by atoms with Gasteiger partial charge in [-0.05, 0) is 87.8 Å². The molecule has 0 aliphatic carbocycles. The quantitative estimate of drug-likeness (QED) is 0.351. The molecule has 4 rings (SSSR count). The van der Waals surface area contributed by atoms with Crippen LogP contribution in [0.2, 0.25) is 0 Å². The average Bonchev–Trinajstić information content (AvgIpc) is 2.87. The van der Waals surface area contributed by atoms with Crippen molar-refractivity contribution in [3.8, 4) is 5.75 Å². The normalized spacial score (nSPS) is 16.3. The number of piperidine rings is 1. The highest BCUT2D eigenvalue weighted by molar-refractivity contribution is 5.30. The second-order valence-electron chi connectivity index (χ2n) is 9.66. The predicted molar refractivity (Wildman–Crippen MR) is 136 cm³/mol. The molecular formula is C29H34F3N3O. The summed E-state index contributed by atoms with van der Waals surface area (Å²) in [5, 5.41) is 0. The van der Waals surface area contributed by atoms with Crippen LogP contribution in [-0.4, -0.2) is 54.6 Å². The van der Waals surface area contributed by atoms with Crippen LogP contribution in [0.4, 0.5) is 13.2 Å². The maximum atomic E-state index is 12.7. The third-order valence-electron chi connectivity index (χ3n) is 6.91. The largest absolute Gasteiger partial charge is 0.492 e. The lowest BCUT2D eigenvalue weighted by Gasteiger charge is -2.36. The van der Waals surface area contributed by atoms with Gasteiger partial charge in [0.15, 0.2) is 0 Å². The highest BCUT2D eigenvalue weighted by Crippen LogP contribution is 2.31. The number of nitrogens with zero attached hydrogens (tertiary/aromatic N) is 3. The minimum Gasteiger partial charge on any atom is -0.492 e. The van der Waals surface area contributed by atoms with Gasteiger partial charge in [-0.25, -0.2) is 0 Å². The fraction of sp³-hybridized carbons (Fsp3) is 0.414. The summed E-state index contributed by atoms with van der Waals surface area (Å²) in [6.07, 6.45) is -0.259. The number of aromatic nitrogens is 1. The average molecular weight is 498 g/mol. The van der Waals surface area contributed by atoms with Crippen LogP contribution in [0.5, 0.6) is 5.75 Å². The first-order valence-corrected chi connectivity index (χ1v) is 12.5. The number of alkyl halides is 3. The maximum Gasteiger partial charge on any atom is 0.416 e. The molecule has 0 unspecified atom stereocenters. The van der Waals surface area contributed by atoms with Crippen LogP contribution in [0.15, 0.2) is 72.9 Å². The van der Waals surface area contributed by atoms with Crippen molar-refractivity contribution in [2.24, 2.45) is 5.92 Å². The van der Waals surface area contributed by atoms with Crippen LogP contribution in [0.1, 0.15) is 41.3 Å². The molecular weight excluding hydrogens is 463 g/mol. The Morgan fingerprint density at radius 2 is 1.69 bits per heavy atom.